The number of amides is 1. The van der Waals surface area contributed by atoms with Gasteiger partial charge in [-0.3, -0.25) is 14.6 Å². The predicted octanol–water partition coefficient (Wildman–Crippen LogP) is 0.903. The summed E-state index contributed by atoms with van der Waals surface area (Å²) in [5.41, 5.74) is 5.28. The monoisotopic (exact) mass is 200 g/mol. The summed E-state index contributed by atoms with van der Waals surface area (Å²) in [6, 6.07) is 6.78. The smallest absolute Gasteiger partial charge is 0.289 e. The number of ketones is 1. The van der Waals surface area contributed by atoms with E-state index in [4.69, 9.17) is 5.73 Å². The van der Waals surface area contributed by atoms with Crippen molar-refractivity contribution in [3.05, 3.63) is 42.2 Å². The molecule has 1 amide bonds. The van der Waals surface area contributed by atoms with E-state index in [2.05, 4.69) is 4.98 Å². The molecule has 1 aromatic heterocycles. The summed E-state index contributed by atoms with van der Waals surface area (Å²) < 4.78 is 0. The number of fused-ring (bicyclic) bond motifs is 1. The fraction of sp³-hybridized carbons (Fsp3) is 0. The number of primary amides is 1. The third-order valence-electron chi connectivity index (χ3n) is 2.15. The van der Waals surface area contributed by atoms with E-state index >= 15 is 0 Å². The lowest BCUT2D eigenvalue weighted by atomic mass is 10.0. The van der Waals surface area contributed by atoms with Crippen molar-refractivity contribution in [1.82, 2.24) is 4.98 Å². The number of hydrogen-bond donors (Lipinski definition) is 1. The number of carbonyl (C=O) groups is 2. The molecule has 0 bridgehead atoms. The highest BCUT2D eigenvalue weighted by Gasteiger charge is 2.14. The zero-order chi connectivity index (χ0) is 10.8. The van der Waals surface area contributed by atoms with Crippen molar-refractivity contribution in [2.24, 2.45) is 5.73 Å². The van der Waals surface area contributed by atoms with E-state index in [0.29, 0.717) is 10.9 Å². The van der Waals surface area contributed by atoms with Crippen LogP contribution in [0.4, 0.5) is 0 Å². The molecule has 15 heavy (non-hydrogen) atoms. The summed E-state index contributed by atoms with van der Waals surface area (Å²) in [7, 11) is 0. The molecule has 2 rings (SSSR count). The quantitative estimate of drug-likeness (QED) is 0.578. The summed E-state index contributed by atoms with van der Waals surface area (Å²) >= 11 is 0. The van der Waals surface area contributed by atoms with E-state index in [1.54, 1.807) is 30.6 Å². The standard InChI is InChI=1S/C11H8N2O2/c12-11(15)10(14)9-3-1-2-7-6-13-5-4-8(7)9/h1-6H,(H2,12,15). The molecule has 0 unspecified atom stereocenters. The molecule has 0 aliphatic carbocycles. The van der Waals surface area contributed by atoms with Gasteiger partial charge in [-0.05, 0) is 11.5 Å². The Morgan fingerprint density at radius 1 is 1.20 bits per heavy atom. The van der Waals surface area contributed by atoms with Crippen LogP contribution in [0.3, 0.4) is 0 Å². The summed E-state index contributed by atoms with van der Waals surface area (Å²) in [5, 5.41) is 1.50. The van der Waals surface area contributed by atoms with Gasteiger partial charge in [0.15, 0.2) is 0 Å². The average molecular weight is 200 g/mol. The largest absolute Gasteiger partial charge is 0.363 e. The Labute approximate surface area is 85.7 Å². The van der Waals surface area contributed by atoms with Crippen LogP contribution in [0.15, 0.2) is 36.7 Å². The SMILES string of the molecule is NC(=O)C(=O)c1cccc2cnccc12. The predicted molar refractivity (Wildman–Crippen MR) is 55.3 cm³/mol. The first kappa shape index (κ1) is 9.33. The number of aromatic nitrogens is 1. The Bertz CT molecular complexity index is 544. The van der Waals surface area contributed by atoms with Crippen LogP contribution >= 0.6 is 0 Å². The van der Waals surface area contributed by atoms with Crippen LogP contribution in [0.1, 0.15) is 10.4 Å². The average Bonchev–Trinajstić information content (AvgIpc) is 2.27. The fourth-order valence-corrected chi connectivity index (χ4v) is 1.45. The lowest BCUT2D eigenvalue weighted by molar-refractivity contribution is -0.114. The molecular formula is C11H8N2O2. The number of rotatable bonds is 2. The van der Waals surface area contributed by atoms with Crippen LogP contribution in [-0.2, 0) is 4.79 Å². The highest BCUT2D eigenvalue weighted by atomic mass is 16.2. The minimum Gasteiger partial charge on any atom is -0.363 e. The van der Waals surface area contributed by atoms with E-state index in [9.17, 15) is 9.59 Å². The van der Waals surface area contributed by atoms with Crippen molar-refractivity contribution in [2.45, 2.75) is 0 Å². The first-order valence-corrected chi connectivity index (χ1v) is 4.37. The Morgan fingerprint density at radius 3 is 2.73 bits per heavy atom. The second-order valence-electron chi connectivity index (χ2n) is 3.10. The molecule has 1 heterocycles. The normalized spacial score (nSPS) is 10.1. The Hall–Kier alpha value is -2.23. The highest BCUT2D eigenvalue weighted by Crippen LogP contribution is 2.17. The van der Waals surface area contributed by atoms with Gasteiger partial charge in [-0.1, -0.05) is 18.2 Å². The molecular weight excluding hydrogens is 192 g/mol. The van der Waals surface area contributed by atoms with Gasteiger partial charge < -0.3 is 5.73 Å². The van der Waals surface area contributed by atoms with Crippen LogP contribution < -0.4 is 5.73 Å². The van der Waals surface area contributed by atoms with Gasteiger partial charge in [-0.15, -0.1) is 0 Å². The summed E-state index contributed by atoms with van der Waals surface area (Å²) in [6.45, 7) is 0. The zero-order valence-corrected chi connectivity index (χ0v) is 7.81. The summed E-state index contributed by atoms with van der Waals surface area (Å²) in [4.78, 5) is 26.2. The van der Waals surface area contributed by atoms with Gasteiger partial charge in [0.25, 0.3) is 11.7 Å². The molecule has 0 radical (unpaired) electrons. The minimum atomic E-state index is -0.945. The molecule has 4 nitrogen and oxygen atoms in total. The van der Waals surface area contributed by atoms with Crippen molar-refractivity contribution in [3.8, 4) is 0 Å². The summed E-state index contributed by atoms with van der Waals surface area (Å²) in [6.07, 6.45) is 3.20. The third kappa shape index (κ3) is 1.57. The molecule has 4 heteroatoms. The van der Waals surface area contributed by atoms with Crippen LogP contribution in [0.25, 0.3) is 10.8 Å². The molecule has 2 N–H and O–H groups in total. The maximum absolute atomic E-state index is 11.5. The van der Waals surface area contributed by atoms with Gasteiger partial charge in [0.1, 0.15) is 0 Å². The van der Waals surface area contributed by atoms with Gasteiger partial charge in [-0.25, -0.2) is 0 Å². The topological polar surface area (TPSA) is 73.1 Å². The van der Waals surface area contributed by atoms with Crippen LogP contribution in [-0.4, -0.2) is 16.7 Å². The first-order chi connectivity index (χ1) is 7.20. The van der Waals surface area contributed by atoms with Gasteiger partial charge in [0.05, 0.1) is 0 Å². The molecule has 0 aliphatic rings. The molecule has 0 aliphatic heterocycles. The number of nitrogens with zero attached hydrogens (tertiary/aromatic N) is 1. The second kappa shape index (κ2) is 3.49. The van der Waals surface area contributed by atoms with Gasteiger partial charge in [0, 0.05) is 23.3 Å². The molecule has 2 aromatic rings. The van der Waals surface area contributed by atoms with Gasteiger partial charge in [-0.2, -0.15) is 0 Å². The zero-order valence-electron chi connectivity index (χ0n) is 7.81. The second-order valence-corrected chi connectivity index (χ2v) is 3.10. The van der Waals surface area contributed by atoms with E-state index < -0.39 is 11.7 Å². The van der Waals surface area contributed by atoms with E-state index in [1.807, 2.05) is 6.07 Å². The Balaban J connectivity index is 2.71. The van der Waals surface area contributed by atoms with Crippen molar-refractivity contribution in [3.63, 3.8) is 0 Å². The highest BCUT2D eigenvalue weighted by molar-refractivity contribution is 6.44. The molecule has 1 aromatic carbocycles. The molecule has 0 saturated heterocycles. The number of Topliss-reactive ketones (excluding diaryl/α,β-unsaturated/α-hetero) is 1. The van der Waals surface area contributed by atoms with Crippen LogP contribution in [0, 0.1) is 0 Å². The van der Waals surface area contributed by atoms with Gasteiger partial charge >= 0.3 is 0 Å². The van der Waals surface area contributed by atoms with Crippen molar-refractivity contribution < 1.29 is 9.59 Å². The van der Waals surface area contributed by atoms with Crippen LogP contribution in [0.5, 0.6) is 0 Å². The van der Waals surface area contributed by atoms with Crippen molar-refractivity contribution in [1.29, 1.82) is 0 Å². The molecule has 0 spiro atoms. The minimum absolute atomic E-state index is 0.322. The maximum atomic E-state index is 11.5. The first-order valence-electron chi connectivity index (χ1n) is 4.37. The van der Waals surface area contributed by atoms with Crippen molar-refractivity contribution >= 4 is 22.5 Å². The molecule has 0 saturated carbocycles. The van der Waals surface area contributed by atoms with Gasteiger partial charge in [0.2, 0.25) is 0 Å². The van der Waals surface area contributed by atoms with Crippen LogP contribution in [0.2, 0.25) is 0 Å². The lowest BCUT2D eigenvalue weighted by Crippen LogP contribution is -2.23. The molecule has 0 fully saturated rings. The van der Waals surface area contributed by atoms with Crippen molar-refractivity contribution in [2.75, 3.05) is 0 Å². The molecule has 0 atom stereocenters. The number of hydrogen-bond acceptors (Lipinski definition) is 3. The van der Waals surface area contributed by atoms with E-state index in [1.165, 1.54) is 0 Å². The fourth-order valence-electron chi connectivity index (χ4n) is 1.45. The third-order valence-corrected chi connectivity index (χ3v) is 2.15. The number of benzene rings is 1. The number of pyridine rings is 1. The molecule has 74 valence electrons. The van der Waals surface area contributed by atoms with E-state index in [0.717, 1.165) is 5.39 Å². The Kier molecular flexibility index (Phi) is 2.17. The Morgan fingerprint density at radius 2 is 2.00 bits per heavy atom. The summed E-state index contributed by atoms with van der Waals surface area (Å²) in [5.74, 6) is -1.62. The van der Waals surface area contributed by atoms with E-state index in [-0.39, 0.29) is 0 Å². The maximum Gasteiger partial charge on any atom is 0.289 e. The number of nitrogens with two attached hydrogens (primary N) is 1. The lowest BCUT2D eigenvalue weighted by Gasteiger charge is -2.02. The number of carbonyl (C=O) groups excluding carboxylic acids is 2.